The molecule has 4 rings (SSSR count). The molecule has 0 bridgehead atoms. The Hall–Kier alpha value is -0.320. The van der Waals surface area contributed by atoms with E-state index >= 15 is 0 Å². The smallest absolute Gasteiger partial charge is 0.194 e. The normalized spacial score (nSPS) is 21.2. The minimum absolute atomic E-state index is 0.263. The van der Waals surface area contributed by atoms with Crippen LogP contribution in [0.2, 0.25) is 0 Å². The molecule has 23 heavy (non-hydrogen) atoms. The molecule has 0 radical (unpaired) electrons. The summed E-state index contributed by atoms with van der Waals surface area (Å²) in [5, 5.41) is -0.527. The standard InChI is InChI=1S/C13H2Br2F6S2/c14-5-1-3-7-8(12(18,19)13(20,21)11(7,16)17)4-2-6(15)23-10(4)9(3)22-5/h1-2H. The van der Waals surface area contributed by atoms with Gasteiger partial charge in [0, 0.05) is 21.9 Å². The van der Waals surface area contributed by atoms with Gasteiger partial charge < -0.3 is 0 Å². The Morgan fingerprint density at radius 3 is 1.39 bits per heavy atom. The topological polar surface area (TPSA) is 0 Å². The SMILES string of the molecule is FC1(F)c2c(c3cc(Br)sc3c3sc(Br)cc23)C(F)(F)C1(F)F. The summed E-state index contributed by atoms with van der Waals surface area (Å²) < 4.78 is 86.0. The summed E-state index contributed by atoms with van der Waals surface area (Å²) in [6.07, 6.45) is 0. The largest absolute Gasteiger partial charge is 0.380 e. The van der Waals surface area contributed by atoms with E-state index in [2.05, 4.69) is 31.9 Å². The Balaban J connectivity index is 2.35. The summed E-state index contributed by atoms with van der Waals surface area (Å²) in [4.78, 5) is 0. The lowest BCUT2D eigenvalue weighted by Gasteiger charge is -2.23. The highest BCUT2D eigenvalue weighted by atomic mass is 79.9. The molecule has 0 amide bonds. The quantitative estimate of drug-likeness (QED) is 0.284. The van der Waals surface area contributed by atoms with E-state index in [-0.39, 0.29) is 20.2 Å². The average molecular weight is 496 g/mol. The molecule has 0 unspecified atom stereocenters. The van der Waals surface area contributed by atoms with Gasteiger partial charge in [-0.3, -0.25) is 0 Å². The molecule has 1 aromatic carbocycles. The van der Waals surface area contributed by atoms with Gasteiger partial charge in [0.05, 0.1) is 17.0 Å². The number of alkyl halides is 6. The molecule has 2 heterocycles. The second kappa shape index (κ2) is 4.44. The molecule has 0 atom stereocenters. The average Bonchev–Trinajstić information content (AvgIpc) is 2.99. The number of fused-ring (bicyclic) bond motifs is 6. The third-order valence-electron chi connectivity index (χ3n) is 3.82. The second-order valence-electron chi connectivity index (χ2n) is 5.06. The third kappa shape index (κ3) is 1.73. The maximum Gasteiger partial charge on any atom is 0.380 e. The highest BCUT2D eigenvalue weighted by molar-refractivity contribution is 9.11. The maximum absolute atomic E-state index is 14.2. The Kier molecular flexibility index (Phi) is 3.12. The van der Waals surface area contributed by atoms with Crippen molar-refractivity contribution in [3.05, 3.63) is 30.8 Å². The van der Waals surface area contributed by atoms with Gasteiger partial charge >= 0.3 is 17.8 Å². The van der Waals surface area contributed by atoms with Gasteiger partial charge in [-0.1, -0.05) is 0 Å². The van der Waals surface area contributed by atoms with Crippen LogP contribution >= 0.6 is 54.5 Å². The zero-order valence-corrected chi connectivity index (χ0v) is 15.3. The van der Waals surface area contributed by atoms with Crippen molar-refractivity contribution in [3.63, 3.8) is 0 Å². The molecular formula is C13H2Br2F6S2. The zero-order valence-electron chi connectivity index (χ0n) is 10.5. The summed E-state index contributed by atoms with van der Waals surface area (Å²) in [5.41, 5.74) is -2.55. The van der Waals surface area contributed by atoms with Crippen molar-refractivity contribution < 1.29 is 26.3 Å². The molecule has 0 N–H and O–H groups in total. The van der Waals surface area contributed by atoms with Crippen LogP contribution in [-0.4, -0.2) is 5.92 Å². The minimum Gasteiger partial charge on any atom is -0.194 e. The summed E-state index contributed by atoms with van der Waals surface area (Å²) >= 11 is 8.31. The van der Waals surface area contributed by atoms with Gasteiger partial charge in [0.1, 0.15) is 0 Å². The molecule has 10 heteroatoms. The minimum atomic E-state index is -5.48. The van der Waals surface area contributed by atoms with Gasteiger partial charge in [-0.05, 0) is 44.0 Å². The summed E-state index contributed by atoms with van der Waals surface area (Å²) in [6.45, 7) is 0. The van der Waals surface area contributed by atoms with Crippen molar-refractivity contribution >= 4 is 74.7 Å². The van der Waals surface area contributed by atoms with E-state index in [1.165, 1.54) is 12.1 Å². The molecule has 1 aliphatic carbocycles. The fourth-order valence-electron chi connectivity index (χ4n) is 2.86. The van der Waals surface area contributed by atoms with Crippen molar-refractivity contribution in [1.29, 1.82) is 0 Å². The molecule has 122 valence electrons. The van der Waals surface area contributed by atoms with Gasteiger partial charge in [-0.2, -0.15) is 26.3 Å². The van der Waals surface area contributed by atoms with Crippen LogP contribution in [0.3, 0.4) is 0 Å². The Labute approximate surface area is 149 Å². The Bertz CT molecular complexity index is 910. The predicted molar refractivity (Wildman–Crippen MR) is 85.3 cm³/mol. The lowest BCUT2D eigenvalue weighted by atomic mass is 10.0. The maximum atomic E-state index is 14.2. The van der Waals surface area contributed by atoms with Gasteiger partial charge in [0.25, 0.3) is 0 Å². The number of rotatable bonds is 0. The van der Waals surface area contributed by atoms with E-state index in [1.54, 1.807) is 0 Å². The predicted octanol–water partition coefficient (Wildman–Crippen LogP) is 7.47. The van der Waals surface area contributed by atoms with Gasteiger partial charge in [0.2, 0.25) is 0 Å². The molecule has 0 aliphatic heterocycles. The Morgan fingerprint density at radius 2 is 1.04 bits per heavy atom. The lowest BCUT2D eigenvalue weighted by molar-refractivity contribution is -0.301. The number of hydrogen-bond donors (Lipinski definition) is 0. The van der Waals surface area contributed by atoms with E-state index in [4.69, 9.17) is 0 Å². The first kappa shape index (κ1) is 16.2. The van der Waals surface area contributed by atoms with Crippen molar-refractivity contribution in [2.24, 2.45) is 0 Å². The molecular weight excluding hydrogens is 494 g/mol. The van der Waals surface area contributed by atoms with Crippen LogP contribution < -0.4 is 0 Å². The first-order valence-electron chi connectivity index (χ1n) is 5.98. The Morgan fingerprint density at radius 1 is 0.696 bits per heavy atom. The van der Waals surface area contributed by atoms with Crippen molar-refractivity contribution in [2.45, 2.75) is 17.8 Å². The van der Waals surface area contributed by atoms with Crippen LogP contribution in [0.5, 0.6) is 0 Å². The molecule has 0 saturated heterocycles. The van der Waals surface area contributed by atoms with Crippen LogP contribution in [0.4, 0.5) is 26.3 Å². The lowest BCUT2D eigenvalue weighted by Crippen LogP contribution is -2.43. The van der Waals surface area contributed by atoms with Crippen LogP contribution in [-0.2, 0) is 11.8 Å². The summed E-state index contributed by atoms with van der Waals surface area (Å²) in [7, 11) is 0. The van der Waals surface area contributed by atoms with E-state index in [0.717, 1.165) is 22.7 Å². The first-order valence-corrected chi connectivity index (χ1v) is 9.20. The van der Waals surface area contributed by atoms with Crippen molar-refractivity contribution in [2.75, 3.05) is 0 Å². The fraction of sp³-hybridized carbons (Fsp3) is 0.231. The van der Waals surface area contributed by atoms with E-state index in [0.29, 0.717) is 7.57 Å². The van der Waals surface area contributed by atoms with E-state index in [1.807, 2.05) is 0 Å². The number of benzene rings is 1. The fourth-order valence-corrected chi connectivity index (χ4v) is 6.23. The number of halogens is 8. The molecule has 0 spiro atoms. The van der Waals surface area contributed by atoms with E-state index in [9.17, 15) is 26.3 Å². The number of hydrogen-bond acceptors (Lipinski definition) is 2. The third-order valence-corrected chi connectivity index (χ3v) is 7.26. The zero-order chi connectivity index (χ0) is 16.9. The van der Waals surface area contributed by atoms with E-state index < -0.39 is 28.9 Å². The van der Waals surface area contributed by atoms with Crippen LogP contribution in [0.15, 0.2) is 19.7 Å². The van der Waals surface area contributed by atoms with Crippen LogP contribution in [0, 0.1) is 0 Å². The summed E-state index contributed by atoms with van der Waals surface area (Å²) in [6, 6.07) is 2.38. The van der Waals surface area contributed by atoms with Gasteiger partial charge in [0.15, 0.2) is 0 Å². The second-order valence-corrected chi connectivity index (χ2v) is 9.92. The molecule has 1 aliphatic rings. The number of thiophene rings is 2. The van der Waals surface area contributed by atoms with Gasteiger partial charge in [-0.25, -0.2) is 0 Å². The molecule has 0 nitrogen and oxygen atoms in total. The van der Waals surface area contributed by atoms with Crippen LogP contribution in [0.25, 0.3) is 20.2 Å². The first-order chi connectivity index (χ1) is 10.5. The molecule has 0 fully saturated rings. The molecule has 2 aromatic heterocycles. The molecule has 0 saturated carbocycles. The van der Waals surface area contributed by atoms with Gasteiger partial charge in [-0.15, -0.1) is 22.7 Å². The van der Waals surface area contributed by atoms with Crippen molar-refractivity contribution in [3.8, 4) is 0 Å². The van der Waals surface area contributed by atoms with Crippen LogP contribution in [0.1, 0.15) is 11.1 Å². The molecule has 3 aromatic rings. The van der Waals surface area contributed by atoms with Crippen molar-refractivity contribution in [1.82, 2.24) is 0 Å². The monoisotopic (exact) mass is 494 g/mol. The summed E-state index contributed by atoms with van der Waals surface area (Å²) in [5.74, 6) is -15.4. The highest BCUT2D eigenvalue weighted by Gasteiger charge is 2.80. The highest BCUT2D eigenvalue weighted by Crippen LogP contribution is 2.67.